The van der Waals surface area contributed by atoms with Crippen molar-refractivity contribution in [1.82, 2.24) is 0 Å². The Morgan fingerprint density at radius 2 is 2.14 bits per heavy atom. The van der Waals surface area contributed by atoms with Crippen molar-refractivity contribution in [3.8, 4) is 0 Å². The first kappa shape index (κ1) is 11.9. The quantitative estimate of drug-likeness (QED) is 0.507. The molecule has 2 unspecified atom stereocenters. The van der Waals surface area contributed by atoms with Crippen molar-refractivity contribution in [1.29, 1.82) is 0 Å². The molecule has 0 aromatic carbocycles. The molecule has 82 valence electrons. The van der Waals surface area contributed by atoms with E-state index in [1.807, 2.05) is 0 Å². The van der Waals surface area contributed by atoms with Gasteiger partial charge < -0.3 is 0 Å². The summed E-state index contributed by atoms with van der Waals surface area (Å²) in [5.41, 5.74) is 0. The molecule has 2 rings (SSSR count). The minimum absolute atomic E-state index is 0.895. The van der Waals surface area contributed by atoms with Gasteiger partial charge in [0.05, 0.1) is 4.58 Å². The first-order valence-corrected chi connectivity index (χ1v) is 9.54. The molecule has 0 saturated carbocycles. The zero-order chi connectivity index (χ0) is 9.80. The van der Waals surface area contributed by atoms with Gasteiger partial charge in [-0.1, -0.05) is 13.3 Å². The maximum Gasteiger partial charge on any atom is 0.0506 e. The van der Waals surface area contributed by atoms with Crippen molar-refractivity contribution in [3.05, 3.63) is 0 Å². The molecule has 0 N–H and O–H groups in total. The van der Waals surface area contributed by atoms with Crippen LogP contribution in [0, 0.1) is 0 Å². The summed E-state index contributed by atoms with van der Waals surface area (Å²) < 4.78 is 0.895. The van der Waals surface area contributed by atoms with Gasteiger partial charge in [-0.3, -0.25) is 0 Å². The Kier molecular flexibility index (Phi) is 5.27. The van der Waals surface area contributed by atoms with Crippen molar-refractivity contribution in [2.45, 2.75) is 34.8 Å². The van der Waals surface area contributed by atoms with Crippen molar-refractivity contribution in [2.75, 3.05) is 23.0 Å². The smallest absolute Gasteiger partial charge is 0.0506 e. The number of rotatable bonds is 7. The fourth-order valence-corrected chi connectivity index (χ4v) is 6.74. The molecule has 0 bridgehead atoms. The second-order valence-corrected chi connectivity index (χ2v) is 9.25. The Bertz CT molecular complexity index is 166. The third-order valence-electron chi connectivity index (χ3n) is 2.35. The summed E-state index contributed by atoms with van der Waals surface area (Å²) in [4.78, 5) is 0. The van der Waals surface area contributed by atoms with Crippen LogP contribution in [0.1, 0.15) is 19.8 Å². The Morgan fingerprint density at radius 3 is 2.64 bits per heavy atom. The van der Waals surface area contributed by atoms with Gasteiger partial charge in [0.1, 0.15) is 0 Å². The molecule has 14 heavy (non-hydrogen) atoms. The Hall–Kier alpha value is 1.40. The summed E-state index contributed by atoms with van der Waals surface area (Å²) >= 11 is 8.73. The summed E-state index contributed by atoms with van der Waals surface area (Å²) in [6.07, 6.45) is 2.76. The molecule has 0 radical (unpaired) electrons. The lowest BCUT2D eigenvalue weighted by Crippen LogP contribution is -2.23. The van der Waals surface area contributed by atoms with Gasteiger partial charge in [-0.15, -0.1) is 23.5 Å². The van der Waals surface area contributed by atoms with E-state index in [0.717, 1.165) is 15.1 Å². The van der Waals surface area contributed by atoms with Gasteiger partial charge in [0.25, 0.3) is 0 Å². The van der Waals surface area contributed by atoms with E-state index in [9.17, 15) is 0 Å². The van der Waals surface area contributed by atoms with E-state index in [0.29, 0.717) is 0 Å². The van der Waals surface area contributed by atoms with Gasteiger partial charge in [0.15, 0.2) is 0 Å². The Balaban J connectivity index is 1.62. The third kappa shape index (κ3) is 4.11. The number of hydrogen-bond donors (Lipinski definition) is 0. The predicted molar refractivity (Wildman–Crippen MR) is 76.1 cm³/mol. The molecule has 4 heteroatoms. The number of hydrogen-bond acceptors (Lipinski definition) is 4. The summed E-state index contributed by atoms with van der Waals surface area (Å²) in [6.45, 7) is 2.31. The maximum absolute atomic E-state index is 2.31. The van der Waals surface area contributed by atoms with Crippen LogP contribution in [0.5, 0.6) is 0 Å². The van der Waals surface area contributed by atoms with Crippen molar-refractivity contribution < 1.29 is 0 Å². The van der Waals surface area contributed by atoms with Gasteiger partial charge in [-0.05, 0) is 6.42 Å². The average molecular weight is 267 g/mol. The topological polar surface area (TPSA) is 0 Å². The maximum atomic E-state index is 2.31. The highest BCUT2D eigenvalue weighted by Crippen LogP contribution is 2.41. The summed E-state index contributed by atoms with van der Waals surface area (Å²) in [5, 5.41) is 1.99. The van der Waals surface area contributed by atoms with E-state index in [1.54, 1.807) is 0 Å². The van der Waals surface area contributed by atoms with Crippen LogP contribution in [0.15, 0.2) is 0 Å². The molecule has 0 aromatic rings. The second-order valence-electron chi connectivity index (χ2n) is 3.80. The average Bonchev–Trinajstić information content (AvgIpc) is 2.90. The molecule has 2 aliphatic heterocycles. The van der Waals surface area contributed by atoms with Gasteiger partial charge in [-0.2, -0.15) is 23.5 Å². The molecule has 0 spiro atoms. The Labute approximate surface area is 105 Å². The lowest BCUT2D eigenvalue weighted by atomic mass is 10.4. The second kappa shape index (κ2) is 6.21. The number of thioether (sulfide) groups is 4. The zero-order valence-corrected chi connectivity index (χ0v) is 11.9. The van der Waals surface area contributed by atoms with Crippen molar-refractivity contribution in [3.63, 3.8) is 0 Å². The molecule has 0 amide bonds. The first-order chi connectivity index (χ1) is 6.88. The van der Waals surface area contributed by atoms with Crippen molar-refractivity contribution >= 4 is 47.0 Å². The molecule has 0 aromatic heterocycles. The van der Waals surface area contributed by atoms with Crippen LogP contribution in [0.3, 0.4) is 0 Å². The lowest BCUT2D eigenvalue weighted by molar-refractivity contribution is 0.865. The van der Waals surface area contributed by atoms with E-state index in [1.165, 1.54) is 35.9 Å². The molecule has 2 aliphatic rings. The normalized spacial score (nSPS) is 28.5. The van der Waals surface area contributed by atoms with E-state index < -0.39 is 0 Å². The minimum atomic E-state index is 0.895. The van der Waals surface area contributed by atoms with Gasteiger partial charge in [0.2, 0.25) is 0 Å². The third-order valence-corrected chi connectivity index (χ3v) is 8.43. The molecule has 2 saturated heterocycles. The standard InChI is InChI=1S/C10H18S4/c1-2-3-10(13-7-8-6-12-8)14-9-4-11-5-9/h8-10H,2-7H2,1H3. The van der Waals surface area contributed by atoms with Crippen LogP contribution in [0.4, 0.5) is 0 Å². The summed E-state index contributed by atoms with van der Waals surface area (Å²) in [5.74, 6) is 5.64. The van der Waals surface area contributed by atoms with Crippen molar-refractivity contribution in [2.24, 2.45) is 0 Å². The van der Waals surface area contributed by atoms with Crippen LogP contribution in [-0.4, -0.2) is 38.1 Å². The fourth-order valence-electron chi connectivity index (χ4n) is 1.31. The largest absolute Gasteiger partial charge is 0.160 e. The molecular formula is C10H18S4. The van der Waals surface area contributed by atoms with E-state index >= 15 is 0 Å². The molecule has 2 atom stereocenters. The molecule has 0 nitrogen and oxygen atoms in total. The lowest BCUT2D eigenvalue weighted by Gasteiger charge is -2.28. The molecule has 2 fully saturated rings. The predicted octanol–water partition coefficient (Wildman–Crippen LogP) is 3.81. The summed E-state index contributed by atoms with van der Waals surface area (Å²) in [6, 6.07) is 0. The van der Waals surface area contributed by atoms with E-state index in [2.05, 4.69) is 54.0 Å². The summed E-state index contributed by atoms with van der Waals surface area (Å²) in [7, 11) is 0. The van der Waals surface area contributed by atoms with Crippen LogP contribution < -0.4 is 0 Å². The highest BCUT2D eigenvalue weighted by molar-refractivity contribution is 8.19. The van der Waals surface area contributed by atoms with E-state index in [-0.39, 0.29) is 0 Å². The SMILES string of the molecule is CCCC(SCC1CS1)SC1CSC1. The first-order valence-electron chi connectivity index (χ1n) is 5.35. The molecular weight excluding hydrogens is 248 g/mol. The monoisotopic (exact) mass is 266 g/mol. The van der Waals surface area contributed by atoms with Crippen LogP contribution in [0.2, 0.25) is 0 Å². The zero-order valence-electron chi connectivity index (χ0n) is 8.61. The van der Waals surface area contributed by atoms with Crippen LogP contribution in [-0.2, 0) is 0 Å². The highest BCUT2D eigenvalue weighted by atomic mass is 32.2. The van der Waals surface area contributed by atoms with Gasteiger partial charge in [0, 0.05) is 33.5 Å². The Morgan fingerprint density at radius 1 is 1.36 bits per heavy atom. The highest BCUT2D eigenvalue weighted by Gasteiger charge is 2.27. The molecule has 2 heterocycles. The van der Waals surface area contributed by atoms with Crippen LogP contribution in [0.25, 0.3) is 0 Å². The van der Waals surface area contributed by atoms with Crippen LogP contribution >= 0.6 is 47.0 Å². The van der Waals surface area contributed by atoms with Gasteiger partial charge >= 0.3 is 0 Å². The minimum Gasteiger partial charge on any atom is -0.160 e. The van der Waals surface area contributed by atoms with Gasteiger partial charge in [-0.25, -0.2) is 0 Å². The molecule has 0 aliphatic carbocycles. The van der Waals surface area contributed by atoms with E-state index in [4.69, 9.17) is 0 Å². The fraction of sp³-hybridized carbons (Fsp3) is 1.00.